The minimum atomic E-state index is -0.683. The van der Waals surface area contributed by atoms with E-state index in [-0.39, 0.29) is 21.2 Å². The average Bonchev–Trinajstić information content (AvgIpc) is 2.97. The molecule has 2 aromatic rings. The van der Waals surface area contributed by atoms with E-state index in [0.29, 0.717) is 23.2 Å². The van der Waals surface area contributed by atoms with E-state index in [4.69, 9.17) is 16.3 Å². The van der Waals surface area contributed by atoms with Gasteiger partial charge in [0.05, 0.1) is 16.9 Å². The highest BCUT2D eigenvalue weighted by molar-refractivity contribution is 8.18. The number of imide groups is 1. The Labute approximate surface area is 179 Å². The molecule has 1 fully saturated rings. The molecular formula is C19H14ClN3O6S. The number of amides is 3. The number of nitrogens with zero attached hydrogens (tertiary/aromatic N) is 2. The fourth-order valence-corrected chi connectivity index (χ4v) is 3.55. The van der Waals surface area contributed by atoms with Crippen LogP contribution in [0.25, 0.3) is 6.08 Å². The van der Waals surface area contributed by atoms with E-state index in [1.54, 1.807) is 24.3 Å². The van der Waals surface area contributed by atoms with Gasteiger partial charge in [-0.3, -0.25) is 29.4 Å². The maximum atomic E-state index is 12.6. The Morgan fingerprint density at radius 1 is 1.27 bits per heavy atom. The Hall–Kier alpha value is -3.37. The van der Waals surface area contributed by atoms with Gasteiger partial charge in [-0.25, -0.2) is 0 Å². The summed E-state index contributed by atoms with van der Waals surface area (Å²) < 4.78 is 5.03. The minimum absolute atomic E-state index is 0.0136. The van der Waals surface area contributed by atoms with Crippen molar-refractivity contribution in [2.45, 2.75) is 0 Å². The predicted octanol–water partition coefficient (Wildman–Crippen LogP) is 3.93. The van der Waals surface area contributed by atoms with Gasteiger partial charge in [0.2, 0.25) is 5.91 Å². The van der Waals surface area contributed by atoms with Gasteiger partial charge in [-0.1, -0.05) is 11.6 Å². The third kappa shape index (κ3) is 4.78. The van der Waals surface area contributed by atoms with Gasteiger partial charge in [-0.15, -0.1) is 0 Å². The second kappa shape index (κ2) is 8.97. The van der Waals surface area contributed by atoms with E-state index in [2.05, 4.69) is 5.32 Å². The first-order valence-electron chi connectivity index (χ1n) is 8.41. The van der Waals surface area contributed by atoms with Gasteiger partial charge >= 0.3 is 0 Å². The summed E-state index contributed by atoms with van der Waals surface area (Å²) in [5.41, 5.74) is 0.495. The lowest BCUT2D eigenvalue weighted by Gasteiger charge is -2.12. The normalized spacial score (nSPS) is 14.9. The van der Waals surface area contributed by atoms with E-state index in [1.807, 2.05) is 0 Å². The summed E-state index contributed by atoms with van der Waals surface area (Å²) in [6.07, 6.45) is 1.29. The standard InChI is InChI=1S/C19H14ClN3O6S/c1-29-14-5-2-12(3-6-14)21-17(24)10-22-18(25)16(30-19(22)26)9-11-8-13(23(27)28)4-7-15(11)20/h2-9H,10H2,1H3,(H,21,24)/b16-9-. The van der Waals surface area contributed by atoms with E-state index in [0.717, 1.165) is 4.90 Å². The van der Waals surface area contributed by atoms with Crippen LogP contribution in [-0.4, -0.2) is 40.5 Å². The summed E-state index contributed by atoms with van der Waals surface area (Å²) in [4.78, 5) is 48.2. The van der Waals surface area contributed by atoms with Crippen LogP contribution in [0.1, 0.15) is 5.56 Å². The van der Waals surface area contributed by atoms with Gasteiger partial charge in [0.25, 0.3) is 16.8 Å². The zero-order valence-electron chi connectivity index (χ0n) is 15.5. The van der Waals surface area contributed by atoms with Gasteiger partial charge in [0.1, 0.15) is 12.3 Å². The molecule has 1 heterocycles. The highest BCUT2D eigenvalue weighted by Crippen LogP contribution is 2.34. The number of anilines is 1. The molecule has 0 spiro atoms. The third-order valence-corrected chi connectivity index (χ3v) is 5.28. The number of methoxy groups -OCH3 is 1. The molecule has 0 aromatic heterocycles. The monoisotopic (exact) mass is 447 g/mol. The highest BCUT2D eigenvalue weighted by atomic mass is 35.5. The molecular weight excluding hydrogens is 434 g/mol. The molecule has 0 bridgehead atoms. The minimum Gasteiger partial charge on any atom is -0.497 e. The Morgan fingerprint density at radius 3 is 2.60 bits per heavy atom. The van der Waals surface area contributed by atoms with Crippen molar-refractivity contribution in [1.29, 1.82) is 0 Å². The SMILES string of the molecule is COc1ccc(NC(=O)CN2C(=O)S/C(=C\c3cc([N+](=O)[O-])ccc3Cl)C2=O)cc1. The van der Waals surface area contributed by atoms with Crippen LogP contribution in [0.5, 0.6) is 5.75 Å². The highest BCUT2D eigenvalue weighted by Gasteiger charge is 2.36. The number of halogens is 1. The second-order valence-corrected chi connectivity index (χ2v) is 7.41. The largest absolute Gasteiger partial charge is 0.497 e. The van der Waals surface area contributed by atoms with Crippen LogP contribution in [0.15, 0.2) is 47.4 Å². The molecule has 0 unspecified atom stereocenters. The molecule has 3 rings (SSSR count). The lowest BCUT2D eigenvalue weighted by atomic mass is 10.2. The Bertz CT molecular complexity index is 1070. The first-order chi connectivity index (χ1) is 14.3. The molecule has 1 aliphatic rings. The number of hydrogen-bond donors (Lipinski definition) is 1. The Balaban J connectivity index is 1.72. The number of thioether (sulfide) groups is 1. The van der Waals surface area contributed by atoms with Gasteiger partial charge in [0.15, 0.2) is 0 Å². The summed E-state index contributed by atoms with van der Waals surface area (Å²) in [6, 6.07) is 10.3. The van der Waals surface area contributed by atoms with Crippen molar-refractivity contribution in [3.63, 3.8) is 0 Å². The zero-order chi connectivity index (χ0) is 21.8. The zero-order valence-corrected chi connectivity index (χ0v) is 17.0. The summed E-state index contributed by atoms with van der Waals surface area (Å²) in [5, 5.41) is 13.1. The molecule has 30 heavy (non-hydrogen) atoms. The molecule has 1 N–H and O–H groups in total. The molecule has 1 aliphatic heterocycles. The molecule has 0 saturated carbocycles. The molecule has 1 saturated heterocycles. The fourth-order valence-electron chi connectivity index (χ4n) is 2.55. The number of nitro benzene ring substituents is 1. The molecule has 9 nitrogen and oxygen atoms in total. The van der Waals surface area contributed by atoms with Crippen LogP contribution >= 0.6 is 23.4 Å². The van der Waals surface area contributed by atoms with Crippen molar-refractivity contribution in [1.82, 2.24) is 4.90 Å². The number of non-ortho nitro benzene ring substituents is 1. The molecule has 2 aromatic carbocycles. The van der Waals surface area contributed by atoms with E-state index in [9.17, 15) is 24.5 Å². The third-order valence-electron chi connectivity index (χ3n) is 4.03. The van der Waals surface area contributed by atoms with E-state index >= 15 is 0 Å². The lowest BCUT2D eigenvalue weighted by Crippen LogP contribution is -2.36. The topological polar surface area (TPSA) is 119 Å². The van der Waals surface area contributed by atoms with Gasteiger partial charge in [-0.2, -0.15) is 0 Å². The molecule has 11 heteroatoms. The Morgan fingerprint density at radius 2 is 1.97 bits per heavy atom. The smallest absolute Gasteiger partial charge is 0.294 e. The summed E-state index contributed by atoms with van der Waals surface area (Å²) in [5.74, 6) is -0.626. The van der Waals surface area contributed by atoms with Gasteiger partial charge in [-0.05, 0) is 48.2 Å². The summed E-state index contributed by atoms with van der Waals surface area (Å²) >= 11 is 6.66. The molecule has 0 atom stereocenters. The van der Waals surface area contributed by atoms with Crippen LogP contribution in [0.3, 0.4) is 0 Å². The van der Waals surface area contributed by atoms with Crippen LogP contribution < -0.4 is 10.1 Å². The van der Waals surface area contributed by atoms with E-state index in [1.165, 1.54) is 31.4 Å². The molecule has 154 valence electrons. The molecule has 0 aliphatic carbocycles. The fraction of sp³-hybridized carbons (Fsp3) is 0.105. The van der Waals surface area contributed by atoms with Gasteiger partial charge < -0.3 is 10.1 Å². The maximum absolute atomic E-state index is 12.6. The van der Waals surface area contributed by atoms with E-state index < -0.39 is 28.5 Å². The second-order valence-electron chi connectivity index (χ2n) is 6.01. The first kappa shape index (κ1) is 21.3. The number of ether oxygens (including phenoxy) is 1. The summed E-state index contributed by atoms with van der Waals surface area (Å²) in [6.45, 7) is -0.475. The number of rotatable bonds is 6. The Kier molecular flexibility index (Phi) is 6.38. The van der Waals surface area contributed by atoms with Crippen molar-refractivity contribution >= 4 is 57.9 Å². The first-order valence-corrected chi connectivity index (χ1v) is 9.61. The number of carbonyl (C=O) groups excluding carboxylic acids is 3. The van der Waals surface area contributed by atoms with Crippen LogP contribution in [-0.2, 0) is 9.59 Å². The van der Waals surface area contributed by atoms with Gasteiger partial charge in [0, 0.05) is 28.4 Å². The number of nitrogens with one attached hydrogen (secondary N) is 1. The number of hydrogen-bond acceptors (Lipinski definition) is 7. The summed E-state index contributed by atoms with van der Waals surface area (Å²) in [7, 11) is 1.52. The van der Waals surface area contributed by atoms with Crippen LogP contribution in [0.2, 0.25) is 5.02 Å². The quantitative estimate of drug-likeness (QED) is 0.404. The van der Waals surface area contributed by atoms with Crippen LogP contribution in [0.4, 0.5) is 16.2 Å². The van der Waals surface area contributed by atoms with Crippen molar-refractivity contribution < 1.29 is 24.0 Å². The molecule has 3 amide bonds. The number of carbonyl (C=O) groups is 3. The van der Waals surface area contributed by atoms with Crippen molar-refractivity contribution in [2.75, 3.05) is 19.0 Å². The van der Waals surface area contributed by atoms with Crippen molar-refractivity contribution in [2.24, 2.45) is 0 Å². The number of nitro groups is 1. The van der Waals surface area contributed by atoms with Crippen molar-refractivity contribution in [3.05, 3.63) is 68.1 Å². The maximum Gasteiger partial charge on any atom is 0.294 e. The van der Waals surface area contributed by atoms with Crippen LogP contribution in [0, 0.1) is 10.1 Å². The molecule has 0 radical (unpaired) electrons. The average molecular weight is 448 g/mol. The van der Waals surface area contributed by atoms with Crippen molar-refractivity contribution in [3.8, 4) is 5.75 Å². The predicted molar refractivity (Wildman–Crippen MR) is 112 cm³/mol. The number of benzene rings is 2. The lowest BCUT2D eigenvalue weighted by molar-refractivity contribution is -0.384.